The van der Waals surface area contributed by atoms with E-state index in [4.69, 9.17) is 0 Å². The molecule has 1 unspecified atom stereocenters. The maximum atomic E-state index is 3.88. The number of benzene rings is 2. The first-order chi connectivity index (χ1) is 7.91. The minimum Gasteiger partial charge on any atom is -0.0833 e. The van der Waals surface area contributed by atoms with E-state index in [9.17, 15) is 0 Å². The van der Waals surface area contributed by atoms with E-state index >= 15 is 0 Å². The van der Waals surface area contributed by atoms with Crippen LogP contribution in [0.1, 0.15) is 36.7 Å². The summed E-state index contributed by atoms with van der Waals surface area (Å²) < 4.78 is 0. The normalized spacial score (nSPS) is 13.9. The highest BCUT2D eigenvalue weighted by molar-refractivity contribution is 9.09. The second-order valence-electron chi connectivity index (χ2n) is 5.75. The van der Waals surface area contributed by atoms with Gasteiger partial charge >= 0.3 is 0 Å². The lowest BCUT2D eigenvalue weighted by Crippen LogP contribution is -2.14. The molecule has 0 bridgehead atoms. The minimum absolute atomic E-state index is 0.217. The minimum atomic E-state index is 0.217. The van der Waals surface area contributed by atoms with Crippen LogP contribution in [-0.2, 0) is 0 Å². The first-order valence-electron chi connectivity index (χ1n) is 6.03. The lowest BCUT2D eigenvalue weighted by Gasteiger charge is -2.28. The van der Waals surface area contributed by atoms with E-state index in [0.29, 0.717) is 4.83 Å². The molecule has 0 saturated carbocycles. The van der Waals surface area contributed by atoms with Gasteiger partial charge in [0.2, 0.25) is 0 Å². The number of halogens is 1. The molecule has 0 heterocycles. The molecule has 1 heteroatoms. The van der Waals surface area contributed by atoms with Crippen molar-refractivity contribution in [1.29, 1.82) is 0 Å². The van der Waals surface area contributed by atoms with Crippen LogP contribution in [0.2, 0.25) is 0 Å². The average Bonchev–Trinajstić information content (AvgIpc) is 2.27. The fraction of sp³-hybridized carbons (Fsp3) is 0.375. The van der Waals surface area contributed by atoms with Gasteiger partial charge in [-0.25, -0.2) is 0 Å². The topological polar surface area (TPSA) is 0 Å². The average molecular weight is 291 g/mol. The van der Waals surface area contributed by atoms with Crippen LogP contribution in [0.25, 0.3) is 10.8 Å². The molecule has 0 radical (unpaired) electrons. The predicted octanol–water partition coefficient (Wildman–Crippen LogP) is 5.63. The molecule has 0 aliphatic heterocycles. The van der Waals surface area contributed by atoms with Gasteiger partial charge in [0, 0.05) is 4.83 Å². The largest absolute Gasteiger partial charge is 0.0833 e. The number of rotatable bonds is 1. The van der Waals surface area contributed by atoms with E-state index in [-0.39, 0.29) is 5.41 Å². The van der Waals surface area contributed by atoms with Crippen molar-refractivity contribution in [2.45, 2.75) is 32.5 Å². The number of hydrogen-bond donors (Lipinski definition) is 0. The molecule has 2 aromatic carbocycles. The van der Waals surface area contributed by atoms with E-state index < -0.39 is 0 Å². The Bertz CT molecular complexity index is 535. The smallest absolute Gasteiger partial charge is 0.0452 e. The zero-order valence-electron chi connectivity index (χ0n) is 10.9. The fourth-order valence-corrected chi connectivity index (χ4v) is 2.78. The summed E-state index contributed by atoms with van der Waals surface area (Å²) in [5.41, 5.74) is 3.01. The molecule has 0 N–H and O–H groups in total. The van der Waals surface area contributed by atoms with Crippen LogP contribution in [-0.4, -0.2) is 0 Å². The van der Waals surface area contributed by atoms with Gasteiger partial charge in [-0.05, 0) is 34.2 Å². The maximum Gasteiger partial charge on any atom is 0.0452 e. The molecule has 17 heavy (non-hydrogen) atoms. The summed E-state index contributed by atoms with van der Waals surface area (Å²) in [5.74, 6) is 0. The van der Waals surface area contributed by atoms with Crippen LogP contribution in [0.15, 0.2) is 36.4 Å². The van der Waals surface area contributed by atoms with E-state index in [1.54, 1.807) is 0 Å². The SMILES string of the molecule is Cc1ccc2ccccc2c1C(Br)C(C)(C)C. The zero-order valence-corrected chi connectivity index (χ0v) is 12.5. The van der Waals surface area contributed by atoms with Crippen molar-refractivity contribution in [3.05, 3.63) is 47.5 Å². The van der Waals surface area contributed by atoms with Gasteiger partial charge in [0.1, 0.15) is 0 Å². The van der Waals surface area contributed by atoms with Gasteiger partial charge in [0.15, 0.2) is 0 Å². The molecule has 2 rings (SSSR count). The van der Waals surface area contributed by atoms with Gasteiger partial charge < -0.3 is 0 Å². The van der Waals surface area contributed by atoms with Crippen LogP contribution in [0, 0.1) is 12.3 Å². The molecule has 0 aromatic heterocycles. The molecule has 1 atom stereocenters. The van der Waals surface area contributed by atoms with Crippen molar-refractivity contribution in [1.82, 2.24) is 0 Å². The summed E-state index contributed by atoms with van der Waals surface area (Å²) in [7, 11) is 0. The summed E-state index contributed by atoms with van der Waals surface area (Å²) in [6, 6.07) is 13.0. The Morgan fingerprint density at radius 1 is 1.00 bits per heavy atom. The maximum absolute atomic E-state index is 3.88. The predicted molar refractivity (Wildman–Crippen MR) is 79.8 cm³/mol. The summed E-state index contributed by atoms with van der Waals surface area (Å²) in [4.78, 5) is 0.376. The molecule has 0 nitrogen and oxygen atoms in total. The number of hydrogen-bond acceptors (Lipinski definition) is 0. The molecule has 0 spiro atoms. The molecular weight excluding hydrogens is 272 g/mol. The summed E-state index contributed by atoms with van der Waals surface area (Å²) in [6.45, 7) is 9.01. The Kier molecular flexibility index (Phi) is 3.31. The monoisotopic (exact) mass is 290 g/mol. The highest BCUT2D eigenvalue weighted by atomic mass is 79.9. The van der Waals surface area contributed by atoms with Crippen LogP contribution in [0.4, 0.5) is 0 Å². The van der Waals surface area contributed by atoms with Gasteiger partial charge in [-0.1, -0.05) is 73.1 Å². The van der Waals surface area contributed by atoms with Crippen molar-refractivity contribution in [3.63, 3.8) is 0 Å². The Labute approximate surface area is 112 Å². The molecule has 90 valence electrons. The second-order valence-corrected chi connectivity index (χ2v) is 6.66. The van der Waals surface area contributed by atoms with Crippen LogP contribution in [0.5, 0.6) is 0 Å². The Morgan fingerprint density at radius 3 is 2.29 bits per heavy atom. The van der Waals surface area contributed by atoms with E-state index in [0.717, 1.165) is 0 Å². The van der Waals surface area contributed by atoms with E-state index in [1.807, 2.05) is 0 Å². The number of aryl methyl sites for hydroxylation is 1. The summed E-state index contributed by atoms with van der Waals surface area (Å²) in [5, 5.41) is 2.69. The van der Waals surface area contributed by atoms with Crippen LogP contribution < -0.4 is 0 Å². The third kappa shape index (κ3) is 2.40. The highest BCUT2D eigenvalue weighted by Gasteiger charge is 2.26. The molecule has 0 amide bonds. The molecule has 0 aliphatic rings. The quantitative estimate of drug-likeness (QED) is 0.597. The summed E-state index contributed by atoms with van der Waals surface area (Å²) >= 11 is 3.88. The van der Waals surface area contributed by atoms with Crippen LogP contribution in [0.3, 0.4) is 0 Å². The molecule has 2 aromatic rings. The molecule has 0 aliphatic carbocycles. The van der Waals surface area contributed by atoms with Gasteiger partial charge in [-0.3, -0.25) is 0 Å². The standard InChI is InChI=1S/C16H19Br/c1-11-9-10-12-7-5-6-8-13(12)14(11)15(17)16(2,3)4/h5-10,15H,1-4H3. The number of alkyl halides is 1. The zero-order chi connectivity index (χ0) is 12.6. The van der Waals surface area contributed by atoms with Gasteiger partial charge in [0.05, 0.1) is 0 Å². The Hall–Kier alpha value is -0.820. The van der Waals surface area contributed by atoms with E-state index in [2.05, 4.69) is 80.0 Å². The first-order valence-corrected chi connectivity index (χ1v) is 6.95. The second kappa shape index (κ2) is 4.45. The van der Waals surface area contributed by atoms with Gasteiger partial charge in [-0.15, -0.1) is 0 Å². The lowest BCUT2D eigenvalue weighted by molar-refractivity contribution is 0.408. The van der Waals surface area contributed by atoms with Crippen molar-refractivity contribution >= 4 is 26.7 Å². The molecule has 0 fully saturated rings. The summed E-state index contributed by atoms with van der Waals surface area (Å²) in [6.07, 6.45) is 0. The van der Waals surface area contributed by atoms with Crippen LogP contribution >= 0.6 is 15.9 Å². The number of fused-ring (bicyclic) bond motifs is 1. The Balaban J connectivity index is 2.71. The molecular formula is C16H19Br. The first kappa shape index (κ1) is 12.6. The van der Waals surface area contributed by atoms with Crippen molar-refractivity contribution < 1.29 is 0 Å². The Morgan fingerprint density at radius 2 is 1.65 bits per heavy atom. The lowest BCUT2D eigenvalue weighted by atomic mass is 9.84. The van der Waals surface area contributed by atoms with Crippen molar-refractivity contribution in [3.8, 4) is 0 Å². The van der Waals surface area contributed by atoms with Crippen molar-refractivity contribution in [2.24, 2.45) is 5.41 Å². The fourth-order valence-electron chi connectivity index (χ4n) is 2.17. The van der Waals surface area contributed by atoms with Gasteiger partial charge in [-0.2, -0.15) is 0 Å². The third-order valence-electron chi connectivity index (χ3n) is 3.20. The molecule has 0 saturated heterocycles. The van der Waals surface area contributed by atoms with E-state index in [1.165, 1.54) is 21.9 Å². The van der Waals surface area contributed by atoms with Gasteiger partial charge in [0.25, 0.3) is 0 Å². The third-order valence-corrected chi connectivity index (χ3v) is 5.03. The highest BCUT2D eigenvalue weighted by Crippen LogP contribution is 2.44. The van der Waals surface area contributed by atoms with Crippen molar-refractivity contribution in [2.75, 3.05) is 0 Å².